The Labute approximate surface area is 127 Å². The van der Waals surface area contributed by atoms with Crippen LogP contribution < -0.4 is 15.8 Å². The van der Waals surface area contributed by atoms with Crippen molar-refractivity contribution in [2.24, 2.45) is 11.8 Å². The summed E-state index contributed by atoms with van der Waals surface area (Å²) in [5.41, 5.74) is 6.59. The highest BCUT2D eigenvalue weighted by atomic mass is 16.5. The van der Waals surface area contributed by atoms with E-state index in [0.717, 1.165) is 18.4 Å². The first-order chi connectivity index (χ1) is 10.1. The normalized spacial score (nSPS) is 22.3. The van der Waals surface area contributed by atoms with Crippen LogP contribution in [0.2, 0.25) is 0 Å². The molecular formula is C16H28N4O. The molecule has 0 bridgehead atoms. The summed E-state index contributed by atoms with van der Waals surface area (Å²) in [7, 11) is 0. The van der Waals surface area contributed by atoms with Gasteiger partial charge in [0.15, 0.2) is 5.82 Å². The van der Waals surface area contributed by atoms with Gasteiger partial charge in [-0.15, -0.1) is 0 Å². The maximum Gasteiger partial charge on any atom is 0.242 e. The van der Waals surface area contributed by atoms with Crippen LogP contribution in [0.4, 0.5) is 11.5 Å². The lowest BCUT2D eigenvalue weighted by Crippen LogP contribution is -2.22. The van der Waals surface area contributed by atoms with Crippen LogP contribution >= 0.6 is 0 Å². The molecule has 0 amide bonds. The Hall–Kier alpha value is -1.52. The van der Waals surface area contributed by atoms with Crippen molar-refractivity contribution in [3.05, 3.63) is 6.33 Å². The summed E-state index contributed by atoms with van der Waals surface area (Å²) in [5.74, 6) is 2.81. The van der Waals surface area contributed by atoms with Gasteiger partial charge in [0.05, 0.1) is 6.10 Å². The van der Waals surface area contributed by atoms with Gasteiger partial charge in [-0.1, -0.05) is 26.2 Å². The second-order valence-corrected chi connectivity index (χ2v) is 6.28. The zero-order valence-corrected chi connectivity index (χ0v) is 13.4. The van der Waals surface area contributed by atoms with E-state index < -0.39 is 0 Å². The number of nitrogens with one attached hydrogen (secondary N) is 1. The fourth-order valence-electron chi connectivity index (χ4n) is 2.92. The van der Waals surface area contributed by atoms with Crippen molar-refractivity contribution in [2.45, 2.75) is 59.0 Å². The first-order valence-electron chi connectivity index (χ1n) is 8.11. The van der Waals surface area contributed by atoms with E-state index >= 15 is 0 Å². The summed E-state index contributed by atoms with van der Waals surface area (Å²) in [4.78, 5) is 8.33. The first-order valence-corrected chi connectivity index (χ1v) is 8.11. The third-order valence-electron chi connectivity index (χ3n) is 4.30. The van der Waals surface area contributed by atoms with E-state index in [4.69, 9.17) is 10.5 Å². The third kappa shape index (κ3) is 4.48. The van der Waals surface area contributed by atoms with Crippen molar-refractivity contribution in [1.29, 1.82) is 0 Å². The number of hydrogen-bond acceptors (Lipinski definition) is 5. The van der Waals surface area contributed by atoms with Gasteiger partial charge in [0, 0.05) is 6.54 Å². The van der Waals surface area contributed by atoms with E-state index in [1.807, 2.05) is 13.8 Å². The molecule has 1 aliphatic rings. The minimum absolute atomic E-state index is 0.0550. The Morgan fingerprint density at radius 1 is 1.24 bits per heavy atom. The minimum Gasteiger partial charge on any atom is -0.473 e. The number of anilines is 2. The van der Waals surface area contributed by atoms with Gasteiger partial charge in [0.25, 0.3) is 0 Å². The van der Waals surface area contributed by atoms with Gasteiger partial charge in [-0.05, 0) is 38.5 Å². The number of ether oxygens (including phenoxy) is 1. The molecule has 1 heterocycles. The van der Waals surface area contributed by atoms with E-state index in [1.54, 1.807) is 0 Å². The standard InChI is InChI=1S/C16H28N4O/c1-4-12-5-7-13(8-6-12)9-18-15-14(17)16(20-10-19-15)21-11(2)3/h10-13H,4-9,17H2,1-3H3,(H,18,19,20). The van der Waals surface area contributed by atoms with E-state index in [-0.39, 0.29) is 6.10 Å². The Kier molecular flexibility index (Phi) is 5.65. The van der Waals surface area contributed by atoms with E-state index in [9.17, 15) is 0 Å². The number of aromatic nitrogens is 2. The summed E-state index contributed by atoms with van der Waals surface area (Å²) in [5, 5.41) is 3.37. The van der Waals surface area contributed by atoms with Crippen molar-refractivity contribution in [2.75, 3.05) is 17.6 Å². The maximum atomic E-state index is 6.08. The molecule has 5 heteroatoms. The van der Waals surface area contributed by atoms with Crippen LogP contribution in [0.25, 0.3) is 0 Å². The summed E-state index contributed by atoms with van der Waals surface area (Å²) in [6, 6.07) is 0. The van der Waals surface area contributed by atoms with Crippen LogP contribution in [0, 0.1) is 11.8 Å². The molecule has 21 heavy (non-hydrogen) atoms. The Balaban J connectivity index is 1.88. The van der Waals surface area contributed by atoms with E-state index in [1.165, 1.54) is 38.4 Å². The monoisotopic (exact) mass is 292 g/mol. The molecule has 0 aliphatic heterocycles. The van der Waals surface area contributed by atoms with Gasteiger partial charge in [0.2, 0.25) is 5.88 Å². The molecule has 1 saturated carbocycles. The molecule has 3 N–H and O–H groups in total. The number of hydrogen-bond donors (Lipinski definition) is 2. The molecule has 1 fully saturated rings. The van der Waals surface area contributed by atoms with Crippen molar-refractivity contribution in [3.63, 3.8) is 0 Å². The van der Waals surface area contributed by atoms with Gasteiger partial charge in [0.1, 0.15) is 12.0 Å². The quantitative estimate of drug-likeness (QED) is 0.840. The highest BCUT2D eigenvalue weighted by Crippen LogP contribution is 2.31. The topological polar surface area (TPSA) is 73.1 Å². The molecule has 118 valence electrons. The molecule has 0 atom stereocenters. The SMILES string of the molecule is CCC1CCC(CNc2ncnc(OC(C)C)c2N)CC1. The third-order valence-corrected chi connectivity index (χ3v) is 4.30. The average molecular weight is 292 g/mol. The molecule has 0 saturated heterocycles. The lowest BCUT2D eigenvalue weighted by atomic mass is 9.81. The largest absolute Gasteiger partial charge is 0.473 e. The zero-order valence-electron chi connectivity index (χ0n) is 13.4. The van der Waals surface area contributed by atoms with Gasteiger partial charge in [-0.3, -0.25) is 0 Å². The van der Waals surface area contributed by atoms with E-state index in [2.05, 4.69) is 22.2 Å². The number of rotatable bonds is 6. The second-order valence-electron chi connectivity index (χ2n) is 6.28. The molecule has 1 aromatic heterocycles. The summed E-state index contributed by atoms with van der Waals surface area (Å²) < 4.78 is 5.59. The zero-order chi connectivity index (χ0) is 15.2. The maximum absolute atomic E-state index is 6.08. The van der Waals surface area contributed by atoms with Crippen LogP contribution in [0.3, 0.4) is 0 Å². The predicted octanol–water partition coefficient (Wildman–Crippen LogP) is 3.47. The molecule has 2 rings (SSSR count). The van der Waals surface area contributed by atoms with Crippen LogP contribution in [-0.2, 0) is 0 Å². The highest BCUT2D eigenvalue weighted by molar-refractivity contribution is 5.66. The van der Waals surface area contributed by atoms with Crippen LogP contribution in [0.1, 0.15) is 52.9 Å². The van der Waals surface area contributed by atoms with Crippen LogP contribution in [-0.4, -0.2) is 22.6 Å². The van der Waals surface area contributed by atoms with Gasteiger partial charge >= 0.3 is 0 Å². The molecule has 1 aromatic rings. The van der Waals surface area contributed by atoms with Crippen LogP contribution in [0.15, 0.2) is 6.33 Å². The number of nitrogens with zero attached hydrogens (tertiary/aromatic N) is 2. The fraction of sp³-hybridized carbons (Fsp3) is 0.750. The average Bonchev–Trinajstić information content (AvgIpc) is 2.48. The van der Waals surface area contributed by atoms with Crippen molar-refractivity contribution in [1.82, 2.24) is 9.97 Å². The number of nitrogen functional groups attached to an aromatic ring is 1. The van der Waals surface area contributed by atoms with Crippen LogP contribution in [0.5, 0.6) is 5.88 Å². The van der Waals surface area contributed by atoms with Gasteiger partial charge in [-0.2, -0.15) is 4.98 Å². The Morgan fingerprint density at radius 2 is 1.90 bits per heavy atom. The summed E-state index contributed by atoms with van der Waals surface area (Å²) >= 11 is 0. The molecule has 1 aliphatic carbocycles. The van der Waals surface area contributed by atoms with Gasteiger partial charge in [-0.25, -0.2) is 4.98 Å². The Bertz CT molecular complexity index is 442. The smallest absolute Gasteiger partial charge is 0.242 e. The summed E-state index contributed by atoms with van der Waals surface area (Å²) in [6.45, 7) is 7.14. The van der Waals surface area contributed by atoms with Crippen molar-refractivity contribution >= 4 is 11.5 Å². The second kappa shape index (κ2) is 7.48. The molecular weight excluding hydrogens is 264 g/mol. The molecule has 0 aromatic carbocycles. The first kappa shape index (κ1) is 15.9. The summed E-state index contributed by atoms with van der Waals surface area (Å²) in [6.07, 6.45) is 8.17. The molecule has 0 unspecified atom stereocenters. The lowest BCUT2D eigenvalue weighted by molar-refractivity contribution is 0.234. The Morgan fingerprint density at radius 3 is 2.52 bits per heavy atom. The fourth-order valence-corrected chi connectivity index (χ4v) is 2.92. The van der Waals surface area contributed by atoms with Crippen molar-refractivity contribution in [3.8, 4) is 5.88 Å². The lowest BCUT2D eigenvalue weighted by Gasteiger charge is -2.28. The number of nitrogens with two attached hydrogens (primary N) is 1. The minimum atomic E-state index is 0.0550. The highest BCUT2D eigenvalue weighted by Gasteiger charge is 2.20. The molecule has 5 nitrogen and oxygen atoms in total. The predicted molar refractivity (Wildman–Crippen MR) is 86.4 cm³/mol. The molecule has 0 radical (unpaired) electrons. The molecule has 0 spiro atoms. The van der Waals surface area contributed by atoms with E-state index in [0.29, 0.717) is 17.4 Å². The van der Waals surface area contributed by atoms with Gasteiger partial charge < -0.3 is 15.8 Å². The van der Waals surface area contributed by atoms with Crippen molar-refractivity contribution < 1.29 is 4.74 Å².